The number of halogens is 1. The monoisotopic (exact) mass is 322 g/mol. The predicted molar refractivity (Wildman–Crippen MR) is 95.5 cm³/mol. The van der Waals surface area contributed by atoms with Crippen LogP contribution < -0.4 is 10.2 Å². The lowest BCUT2D eigenvalue weighted by Gasteiger charge is -2.23. The Kier molecular flexibility index (Phi) is 4.60. The molecule has 114 valence electrons. The van der Waals surface area contributed by atoms with Gasteiger partial charge in [-0.3, -0.25) is 4.90 Å². The van der Waals surface area contributed by atoms with Crippen molar-refractivity contribution in [1.82, 2.24) is 0 Å². The highest BCUT2D eigenvalue weighted by Gasteiger charge is 2.17. The third kappa shape index (κ3) is 3.71. The van der Waals surface area contributed by atoms with Crippen molar-refractivity contribution in [2.24, 2.45) is 0 Å². The molecule has 3 nitrogen and oxygen atoms in total. The number of rotatable bonds is 3. The van der Waals surface area contributed by atoms with Crippen molar-refractivity contribution < 1.29 is 4.79 Å². The van der Waals surface area contributed by atoms with Crippen LogP contribution in [0.1, 0.15) is 0 Å². The first kappa shape index (κ1) is 15.1. The van der Waals surface area contributed by atoms with Crippen LogP contribution in [0.15, 0.2) is 84.9 Å². The second-order valence-corrected chi connectivity index (χ2v) is 5.38. The lowest BCUT2D eigenvalue weighted by atomic mass is 10.2. The second-order valence-electron chi connectivity index (χ2n) is 4.94. The van der Waals surface area contributed by atoms with Crippen molar-refractivity contribution in [3.63, 3.8) is 0 Å². The Bertz CT molecular complexity index is 773. The summed E-state index contributed by atoms with van der Waals surface area (Å²) in [7, 11) is 0. The normalized spacial score (nSPS) is 10.1. The van der Waals surface area contributed by atoms with Gasteiger partial charge in [0, 0.05) is 10.7 Å². The number of benzene rings is 3. The fourth-order valence-corrected chi connectivity index (χ4v) is 2.38. The van der Waals surface area contributed by atoms with Crippen LogP contribution in [-0.2, 0) is 0 Å². The average Bonchev–Trinajstić information content (AvgIpc) is 2.59. The number of anilines is 3. The van der Waals surface area contributed by atoms with E-state index in [1.807, 2.05) is 72.8 Å². The third-order valence-electron chi connectivity index (χ3n) is 3.33. The summed E-state index contributed by atoms with van der Waals surface area (Å²) in [5.74, 6) is 0. The van der Waals surface area contributed by atoms with Gasteiger partial charge in [-0.2, -0.15) is 0 Å². The van der Waals surface area contributed by atoms with Crippen LogP contribution in [0.3, 0.4) is 0 Å². The van der Waals surface area contributed by atoms with E-state index in [1.165, 1.54) is 0 Å². The van der Waals surface area contributed by atoms with E-state index in [2.05, 4.69) is 5.32 Å². The maximum Gasteiger partial charge on any atom is 0.330 e. The van der Waals surface area contributed by atoms with E-state index in [0.29, 0.717) is 5.02 Å². The van der Waals surface area contributed by atoms with Crippen LogP contribution in [-0.4, -0.2) is 6.03 Å². The Morgan fingerprint density at radius 3 is 1.87 bits per heavy atom. The highest BCUT2D eigenvalue weighted by molar-refractivity contribution is 6.30. The molecule has 0 aliphatic heterocycles. The number of urea groups is 1. The van der Waals surface area contributed by atoms with Crippen molar-refractivity contribution in [2.45, 2.75) is 0 Å². The molecule has 0 bridgehead atoms. The molecule has 0 aliphatic carbocycles. The first-order valence-electron chi connectivity index (χ1n) is 7.21. The molecule has 3 aromatic carbocycles. The molecule has 0 aromatic heterocycles. The predicted octanol–water partition coefficient (Wildman–Crippen LogP) is 5.71. The fourth-order valence-electron chi connectivity index (χ4n) is 2.25. The van der Waals surface area contributed by atoms with Crippen LogP contribution >= 0.6 is 11.6 Å². The molecule has 4 heteroatoms. The molecule has 0 unspecified atom stereocenters. The van der Waals surface area contributed by atoms with Gasteiger partial charge >= 0.3 is 6.03 Å². The number of carbonyl (C=O) groups excluding carboxylic acids is 1. The Morgan fingerprint density at radius 2 is 1.26 bits per heavy atom. The number of hydrogen-bond acceptors (Lipinski definition) is 1. The van der Waals surface area contributed by atoms with E-state index in [1.54, 1.807) is 17.0 Å². The van der Waals surface area contributed by atoms with E-state index in [0.717, 1.165) is 17.1 Å². The van der Waals surface area contributed by atoms with E-state index < -0.39 is 0 Å². The van der Waals surface area contributed by atoms with Crippen molar-refractivity contribution in [3.8, 4) is 0 Å². The summed E-state index contributed by atoms with van der Waals surface area (Å²) in [6.45, 7) is 0. The molecule has 0 spiro atoms. The minimum atomic E-state index is -0.232. The molecule has 0 fully saturated rings. The maximum atomic E-state index is 12.8. The van der Waals surface area contributed by atoms with Crippen LogP contribution in [0.2, 0.25) is 5.02 Å². The lowest BCUT2D eigenvalue weighted by Crippen LogP contribution is -2.30. The van der Waals surface area contributed by atoms with Gasteiger partial charge in [-0.1, -0.05) is 48.0 Å². The summed E-state index contributed by atoms with van der Waals surface area (Å²) in [5.41, 5.74) is 2.27. The molecule has 0 saturated carbocycles. The fraction of sp³-hybridized carbons (Fsp3) is 0. The summed E-state index contributed by atoms with van der Waals surface area (Å²) >= 11 is 5.95. The van der Waals surface area contributed by atoms with E-state index in [9.17, 15) is 4.79 Å². The highest BCUT2D eigenvalue weighted by atomic mass is 35.5. The zero-order valence-electron chi connectivity index (χ0n) is 12.3. The quantitative estimate of drug-likeness (QED) is 0.658. The second kappa shape index (κ2) is 6.99. The van der Waals surface area contributed by atoms with Crippen molar-refractivity contribution >= 4 is 34.7 Å². The Hall–Kier alpha value is -2.78. The first-order valence-corrected chi connectivity index (χ1v) is 7.58. The third-order valence-corrected chi connectivity index (χ3v) is 3.58. The molecule has 1 N–H and O–H groups in total. The minimum absolute atomic E-state index is 0.232. The average molecular weight is 323 g/mol. The Labute approximate surface area is 140 Å². The molecule has 0 aliphatic rings. The number of nitrogens with one attached hydrogen (secondary N) is 1. The molecule has 3 aromatic rings. The van der Waals surface area contributed by atoms with Crippen molar-refractivity contribution in [2.75, 3.05) is 10.2 Å². The lowest BCUT2D eigenvalue weighted by molar-refractivity contribution is 0.259. The standard InChI is InChI=1S/C19H15ClN2O/c20-15-11-13-18(14-12-15)22(17-9-5-2-6-10-17)19(23)21-16-7-3-1-4-8-16/h1-14H,(H,21,23). The van der Waals surface area contributed by atoms with E-state index in [-0.39, 0.29) is 6.03 Å². The molecular formula is C19H15ClN2O. The molecule has 3 rings (SSSR count). The van der Waals surface area contributed by atoms with Gasteiger partial charge in [0.2, 0.25) is 0 Å². The van der Waals surface area contributed by atoms with Gasteiger partial charge in [-0.05, 0) is 48.5 Å². The van der Waals surface area contributed by atoms with Gasteiger partial charge < -0.3 is 5.32 Å². The van der Waals surface area contributed by atoms with Crippen molar-refractivity contribution in [3.05, 3.63) is 90.0 Å². The van der Waals surface area contributed by atoms with Crippen molar-refractivity contribution in [1.29, 1.82) is 0 Å². The zero-order chi connectivity index (χ0) is 16.1. The van der Waals surface area contributed by atoms with Crippen LogP contribution in [0, 0.1) is 0 Å². The first-order chi connectivity index (χ1) is 11.2. The van der Waals surface area contributed by atoms with E-state index in [4.69, 9.17) is 11.6 Å². The number of para-hydroxylation sites is 2. The summed E-state index contributed by atoms with van der Waals surface area (Å²) in [6.07, 6.45) is 0. The number of carbonyl (C=O) groups is 1. The topological polar surface area (TPSA) is 32.3 Å². The zero-order valence-corrected chi connectivity index (χ0v) is 13.1. The Morgan fingerprint density at radius 1 is 0.739 bits per heavy atom. The minimum Gasteiger partial charge on any atom is -0.307 e. The van der Waals surface area contributed by atoms with Crippen LogP contribution in [0.4, 0.5) is 21.9 Å². The van der Waals surface area contributed by atoms with Crippen LogP contribution in [0.25, 0.3) is 0 Å². The van der Waals surface area contributed by atoms with Gasteiger partial charge in [0.15, 0.2) is 0 Å². The van der Waals surface area contributed by atoms with Gasteiger partial charge in [0.25, 0.3) is 0 Å². The molecule has 2 amide bonds. The van der Waals surface area contributed by atoms with Gasteiger partial charge in [-0.15, -0.1) is 0 Å². The molecule has 0 saturated heterocycles. The SMILES string of the molecule is O=C(Nc1ccccc1)N(c1ccccc1)c1ccc(Cl)cc1. The number of hydrogen-bond donors (Lipinski definition) is 1. The van der Waals surface area contributed by atoms with Crippen LogP contribution in [0.5, 0.6) is 0 Å². The number of amides is 2. The van der Waals surface area contributed by atoms with Gasteiger partial charge in [0.05, 0.1) is 11.4 Å². The highest BCUT2D eigenvalue weighted by Crippen LogP contribution is 2.27. The summed E-state index contributed by atoms with van der Waals surface area (Å²) in [4.78, 5) is 14.4. The molecule has 23 heavy (non-hydrogen) atoms. The molecule has 0 atom stereocenters. The number of nitrogens with zero attached hydrogens (tertiary/aromatic N) is 1. The smallest absolute Gasteiger partial charge is 0.307 e. The van der Waals surface area contributed by atoms with Gasteiger partial charge in [-0.25, -0.2) is 4.79 Å². The summed E-state index contributed by atoms with van der Waals surface area (Å²) in [6, 6.07) is 25.8. The molecular weight excluding hydrogens is 308 g/mol. The van der Waals surface area contributed by atoms with Gasteiger partial charge in [0.1, 0.15) is 0 Å². The molecule has 0 heterocycles. The Balaban J connectivity index is 1.95. The van der Waals surface area contributed by atoms with E-state index >= 15 is 0 Å². The summed E-state index contributed by atoms with van der Waals surface area (Å²) < 4.78 is 0. The summed E-state index contributed by atoms with van der Waals surface area (Å²) in [5, 5.41) is 3.54. The maximum absolute atomic E-state index is 12.8. The molecule has 0 radical (unpaired) electrons. The largest absolute Gasteiger partial charge is 0.330 e.